The summed E-state index contributed by atoms with van der Waals surface area (Å²) in [4.78, 5) is 34.4. The molecule has 0 bridgehead atoms. The third kappa shape index (κ3) is 7.67. The van der Waals surface area contributed by atoms with Crippen molar-refractivity contribution in [2.45, 2.75) is 51.7 Å². The van der Waals surface area contributed by atoms with Crippen LogP contribution in [-0.2, 0) is 22.4 Å². The Morgan fingerprint density at radius 2 is 1.76 bits per heavy atom. The lowest BCUT2D eigenvalue weighted by Crippen LogP contribution is -2.41. The van der Waals surface area contributed by atoms with E-state index in [9.17, 15) is 9.59 Å². The lowest BCUT2D eigenvalue weighted by Gasteiger charge is -2.34. The Labute approximate surface area is 216 Å². The summed E-state index contributed by atoms with van der Waals surface area (Å²) in [5, 5.41) is 11.7. The van der Waals surface area contributed by atoms with Gasteiger partial charge in [-0.2, -0.15) is 0 Å². The van der Waals surface area contributed by atoms with Crippen LogP contribution in [0.4, 0.5) is 11.6 Å². The number of aliphatic carboxylic acids is 1. The van der Waals surface area contributed by atoms with Gasteiger partial charge in [-0.3, -0.25) is 14.6 Å². The minimum atomic E-state index is -0.888. The maximum Gasteiger partial charge on any atom is 0.307 e. The average molecular weight is 505 g/mol. The Balaban J connectivity index is 1.35. The number of para-hydroxylation sites is 2. The van der Waals surface area contributed by atoms with Crippen molar-refractivity contribution in [3.05, 3.63) is 72.1 Å². The summed E-state index contributed by atoms with van der Waals surface area (Å²) in [7, 11) is 0. The Morgan fingerprint density at radius 3 is 2.46 bits per heavy atom. The second kappa shape index (κ2) is 12.2. The van der Waals surface area contributed by atoms with E-state index >= 15 is 0 Å². The highest BCUT2D eigenvalue weighted by atomic mass is 16.5. The number of amides is 1. The molecule has 4 rings (SSSR count). The quantitative estimate of drug-likeness (QED) is 0.424. The Hall–Kier alpha value is -4.14. The van der Waals surface area contributed by atoms with Crippen molar-refractivity contribution in [3.8, 4) is 11.5 Å². The molecule has 2 heterocycles. The summed E-state index contributed by atoms with van der Waals surface area (Å²) < 4.78 is 12.2. The van der Waals surface area contributed by atoms with E-state index in [1.54, 1.807) is 30.5 Å². The Kier molecular flexibility index (Phi) is 8.56. The summed E-state index contributed by atoms with van der Waals surface area (Å²) in [6, 6.07) is 14.7. The molecule has 1 aliphatic heterocycles. The van der Waals surface area contributed by atoms with Gasteiger partial charge in [0.25, 0.3) is 0 Å². The number of hydrogen-bond acceptors (Lipinski definition) is 7. The molecule has 1 fully saturated rings. The average Bonchev–Trinajstić information content (AvgIpc) is 2.86. The predicted molar refractivity (Wildman–Crippen MR) is 140 cm³/mol. The Morgan fingerprint density at radius 1 is 1.05 bits per heavy atom. The summed E-state index contributed by atoms with van der Waals surface area (Å²) in [6.07, 6.45) is 5.19. The van der Waals surface area contributed by atoms with Gasteiger partial charge in [0.05, 0.1) is 37.9 Å². The molecule has 9 nitrogen and oxygen atoms in total. The molecular formula is C28H32N4O5. The van der Waals surface area contributed by atoms with Crippen LogP contribution in [0.3, 0.4) is 0 Å². The SMILES string of the molecule is CC(C)Oc1ccccc1O[C@@H]1CCCN(c2cncc(NC(=O)Cc3ccc(CC(=O)O)cc3)n2)C1. The van der Waals surface area contributed by atoms with Crippen LogP contribution in [-0.4, -0.2) is 52.2 Å². The van der Waals surface area contributed by atoms with Crippen molar-refractivity contribution >= 4 is 23.5 Å². The second-order valence-electron chi connectivity index (χ2n) is 9.32. The number of benzene rings is 2. The van der Waals surface area contributed by atoms with Gasteiger partial charge in [-0.25, -0.2) is 4.98 Å². The van der Waals surface area contributed by atoms with Crippen LogP contribution in [0.1, 0.15) is 37.8 Å². The number of carboxylic acids is 1. The largest absolute Gasteiger partial charge is 0.487 e. The summed E-state index contributed by atoms with van der Waals surface area (Å²) in [5.74, 6) is 1.40. The van der Waals surface area contributed by atoms with E-state index in [4.69, 9.17) is 14.6 Å². The topological polar surface area (TPSA) is 114 Å². The highest BCUT2D eigenvalue weighted by Crippen LogP contribution is 2.30. The molecule has 1 aromatic heterocycles. The molecule has 0 aliphatic carbocycles. The van der Waals surface area contributed by atoms with Crippen molar-refractivity contribution in [3.63, 3.8) is 0 Å². The molecule has 2 aromatic carbocycles. The predicted octanol–water partition coefficient (Wildman–Crippen LogP) is 4.12. The van der Waals surface area contributed by atoms with Crippen LogP contribution < -0.4 is 19.7 Å². The van der Waals surface area contributed by atoms with Gasteiger partial charge in [-0.1, -0.05) is 36.4 Å². The molecule has 1 aliphatic rings. The fourth-order valence-corrected chi connectivity index (χ4v) is 4.21. The highest BCUT2D eigenvalue weighted by molar-refractivity contribution is 5.91. The van der Waals surface area contributed by atoms with Gasteiger partial charge >= 0.3 is 5.97 Å². The zero-order valence-corrected chi connectivity index (χ0v) is 21.1. The zero-order chi connectivity index (χ0) is 26.2. The van der Waals surface area contributed by atoms with Crippen molar-refractivity contribution in [2.75, 3.05) is 23.3 Å². The van der Waals surface area contributed by atoms with E-state index in [0.717, 1.165) is 36.4 Å². The maximum absolute atomic E-state index is 12.6. The van der Waals surface area contributed by atoms with Crippen LogP contribution >= 0.6 is 0 Å². The van der Waals surface area contributed by atoms with Crippen molar-refractivity contribution < 1.29 is 24.2 Å². The first-order chi connectivity index (χ1) is 17.9. The number of hydrogen-bond donors (Lipinski definition) is 2. The zero-order valence-electron chi connectivity index (χ0n) is 21.1. The number of nitrogens with one attached hydrogen (secondary N) is 1. The number of rotatable bonds is 10. The molecule has 0 spiro atoms. The number of anilines is 2. The lowest BCUT2D eigenvalue weighted by molar-refractivity contribution is -0.136. The number of carbonyl (C=O) groups excluding carboxylic acids is 1. The van der Waals surface area contributed by atoms with Crippen LogP contribution in [0.25, 0.3) is 0 Å². The van der Waals surface area contributed by atoms with E-state index in [-0.39, 0.29) is 31.0 Å². The second-order valence-corrected chi connectivity index (χ2v) is 9.32. The van der Waals surface area contributed by atoms with Crippen molar-refractivity contribution in [1.29, 1.82) is 0 Å². The number of piperidine rings is 1. The fraction of sp³-hybridized carbons (Fsp3) is 0.357. The standard InChI is InChI=1S/C28H32N4O5/c1-19(2)36-23-7-3-4-8-24(23)37-22-6-5-13-32(18-22)26-17-29-16-25(30-26)31-27(33)14-20-9-11-21(12-10-20)15-28(34)35/h3-4,7-12,16-17,19,22H,5-6,13-15,18H2,1-2H3,(H,34,35)(H,30,31,33)/t22-/m1/s1. The molecule has 0 saturated carbocycles. The minimum Gasteiger partial charge on any atom is -0.487 e. The smallest absolute Gasteiger partial charge is 0.307 e. The normalized spacial score (nSPS) is 15.3. The molecular weight excluding hydrogens is 472 g/mol. The van der Waals surface area contributed by atoms with Crippen molar-refractivity contribution in [2.24, 2.45) is 0 Å². The van der Waals surface area contributed by atoms with Crippen LogP contribution in [0.5, 0.6) is 11.5 Å². The maximum atomic E-state index is 12.6. The molecule has 9 heteroatoms. The van der Waals surface area contributed by atoms with Gasteiger partial charge in [0.1, 0.15) is 11.9 Å². The number of carboxylic acid groups (broad SMARTS) is 1. The molecule has 37 heavy (non-hydrogen) atoms. The monoisotopic (exact) mass is 504 g/mol. The lowest BCUT2D eigenvalue weighted by atomic mass is 10.1. The molecule has 1 amide bonds. The van der Waals surface area contributed by atoms with Gasteiger partial charge < -0.3 is 24.8 Å². The van der Waals surface area contributed by atoms with Gasteiger partial charge in [-0.15, -0.1) is 0 Å². The van der Waals surface area contributed by atoms with Gasteiger partial charge in [0.2, 0.25) is 5.91 Å². The molecule has 3 aromatic rings. The molecule has 1 saturated heterocycles. The van der Waals surface area contributed by atoms with Crippen LogP contribution in [0.2, 0.25) is 0 Å². The first kappa shape index (κ1) is 25.9. The first-order valence-electron chi connectivity index (χ1n) is 12.4. The first-order valence-corrected chi connectivity index (χ1v) is 12.4. The molecule has 1 atom stereocenters. The summed E-state index contributed by atoms with van der Waals surface area (Å²) in [6.45, 7) is 5.44. The fourth-order valence-electron chi connectivity index (χ4n) is 4.21. The van der Waals surface area contributed by atoms with E-state index in [0.29, 0.717) is 23.7 Å². The third-order valence-electron chi connectivity index (χ3n) is 5.84. The highest BCUT2D eigenvalue weighted by Gasteiger charge is 2.24. The molecule has 0 radical (unpaired) electrons. The Bertz CT molecular complexity index is 1220. The summed E-state index contributed by atoms with van der Waals surface area (Å²) in [5.41, 5.74) is 1.48. The molecule has 194 valence electrons. The van der Waals surface area contributed by atoms with Crippen LogP contribution in [0, 0.1) is 0 Å². The number of aromatic nitrogens is 2. The van der Waals surface area contributed by atoms with Gasteiger partial charge in [-0.05, 0) is 49.9 Å². The number of ether oxygens (including phenoxy) is 2. The van der Waals surface area contributed by atoms with Crippen molar-refractivity contribution in [1.82, 2.24) is 9.97 Å². The van der Waals surface area contributed by atoms with E-state index < -0.39 is 5.97 Å². The minimum absolute atomic E-state index is 0.0326. The molecule has 0 unspecified atom stereocenters. The number of nitrogens with zero attached hydrogens (tertiary/aromatic N) is 3. The summed E-state index contributed by atoms with van der Waals surface area (Å²) >= 11 is 0. The number of carbonyl (C=O) groups is 2. The van der Waals surface area contributed by atoms with E-state index in [2.05, 4.69) is 20.2 Å². The van der Waals surface area contributed by atoms with E-state index in [1.165, 1.54) is 6.20 Å². The van der Waals surface area contributed by atoms with E-state index in [1.807, 2.05) is 38.1 Å². The van der Waals surface area contributed by atoms with Gasteiger partial charge in [0.15, 0.2) is 17.3 Å². The van der Waals surface area contributed by atoms with Gasteiger partial charge in [0, 0.05) is 6.54 Å². The third-order valence-corrected chi connectivity index (χ3v) is 5.84. The molecule has 2 N–H and O–H groups in total. The van der Waals surface area contributed by atoms with Crippen LogP contribution in [0.15, 0.2) is 60.9 Å².